The highest BCUT2D eigenvalue weighted by molar-refractivity contribution is 7.89. The number of carbonyl (C=O) groups is 1. The van der Waals surface area contributed by atoms with Crippen LogP contribution in [0.2, 0.25) is 0 Å². The van der Waals surface area contributed by atoms with Crippen molar-refractivity contribution in [2.45, 2.75) is 31.2 Å². The van der Waals surface area contributed by atoms with Crippen LogP contribution in [0.25, 0.3) is 10.2 Å². The number of carbonyl (C=O) groups excluding carboxylic acids is 1. The molecule has 0 unspecified atom stereocenters. The van der Waals surface area contributed by atoms with Crippen molar-refractivity contribution in [1.29, 1.82) is 0 Å². The van der Waals surface area contributed by atoms with Gasteiger partial charge in [-0.25, -0.2) is 17.8 Å². The Hall–Kier alpha value is -3.34. The van der Waals surface area contributed by atoms with Crippen LogP contribution in [0, 0.1) is 11.7 Å². The molecule has 1 saturated heterocycles. The fourth-order valence-corrected chi connectivity index (χ4v) is 7.06. The molecule has 38 heavy (non-hydrogen) atoms. The van der Waals surface area contributed by atoms with E-state index < -0.39 is 15.8 Å². The highest BCUT2D eigenvalue weighted by Crippen LogP contribution is 2.34. The van der Waals surface area contributed by atoms with E-state index in [0.717, 1.165) is 33.7 Å². The molecule has 1 fully saturated rings. The normalized spacial score (nSPS) is 15.0. The third-order valence-electron chi connectivity index (χ3n) is 6.59. The van der Waals surface area contributed by atoms with E-state index in [1.54, 1.807) is 4.90 Å². The minimum absolute atomic E-state index is 0.0512. The van der Waals surface area contributed by atoms with Crippen LogP contribution in [0.3, 0.4) is 0 Å². The highest BCUT2D eigenvalue weighted by atomic mass is 32.2. The van der Waals surface area contributed by atoms with Crippen molar-refractivity contribution in [1.82, 2.24) is 9.29 Å². The number of sulfonamides is 1. The second-order valence-corrected chi connectivity index (χ2v) is 12.0. The minimum Gasteiger partial charge on any atom is -0.494 e. The maximum absolute atomic E-state index is 13.9. The molecule has 0 spiro atoms. The predicted octanol–water partition coefficient (Wildman–Crippen LogP) is 5.47. The monoisotopic (exact) mass is 553 g/mol. The number of ether oxygens (including phenoxy) is 1. The van der Waals surface area contributed by atoms with Crippen molar-refractivity contribution in [2.75, 3.05) is 24.6 Å². The Balaban J connectivity index is 1.37. The minimum atomic E-state index is -3.76. The van der Waals surface area contributed by atoms with Crippen LogP contribution in [-0.4, -0.2) is 43.3 Å². The average molecular weight is 554 g/mol. The summed E-state index contributed by atoms with van der Waals surface area (Å²) in [6.45, 7) is 3.29. The molecule has 0 aliphatic carbocycles. The van der Waals surface area contributed by atoms with Gasteiger partial charge in [0.15, 0.2) is 5.13 Å². The number of fused-ring (bicyclic) bond motifs is 1. The number of anilines is 1. The van der Waals surface area contributed by atoms with Crippen LogP contribution in [0.15, 0.2) is 77.7 Å². The van der Waals surface area contributed by atoms with Gasteiger partial charge in [0.25, 0.3) is 0 Å². The standard InChI is InChI=1S/C28H28FN3O4S2/c1-2-36-23-10-13-25-26(18-23)37-28(30-25)32(19-20-6-4-3-5-7-20)27(33)21-14-16-31(17-15-21)38(34,35)24-11-8-22(29)9-12-24/h3-13,18,21H,2,14-17,19H2,1H3. The number of hydrogen-bond donors (Lipinski definition) is 0. The quantitative estimate of drug-likeness (QED) is 0.289. The summed E-state index contributed by atoms with van der Waals surface area (Å²) < 4.78 is 47.3. The van der Waals surface area contributed by atoms with E-state index in [4.69, 9.17) is 9.72 Å². The van der Waals surface area contributed by atoms with Crippen LogP contribution in [0.5, 0.6) is 5.75 Å². The first-order valence-corrected chi connectivity index (χ1v) is 14.7. The van der Waals surface area contributed by atoms with Crippen molar-refractivity contribution in [2.24, 2.45) is 5.92 Å². The van der Waals surface area contributed by atoms with Crippen LogP contribution < -0.4 is 9.64 Å². The SMILES string of the molecule is CCOc1ccc2nc(N(Cc3ccccc3)C(=O)C3CCN(S(=O)(=O)c4ccc(F)cc4)CC3)sc2c1. The van der Waals surface area contributed by atoms with Crippen molar-refractivity contribution in [3.8, 4) is 5.75 Å². The molecule has 4 aromatic rings. The average Bonchev–Trinajstić information content (AvgIpc) is 3.36. The van der Waals surface area contributed by atoms with Gasteiger partial charge < -0.3 is 4.74 Å². The Morgan fingerprint density at radius 2 is 1.79 bits per heavy atom. The number of benzene rings is 3. The summed E-state index contributed by atoms with van der Waals surface area (Å²) >= 11 is 1.44. The van der Waals surface area contributed by atoms with Gasteiger partial charge in [-0.1, -0.05) is 41.7 Å². The van der Waals surface area contributed by atoms with Gasteiger partial charge in [0.05, 0.1) is 28.3 Å². The topological polar surface area (TPSA) is 79.8 Å². The van der Waals surface area contributed by atoms with Crippen LogP contribution >= 0.6 is 11.3 Å². The van der Waals surface area contributed by atoms with Crippen LogP contribution in [-0.2, 0) is 21.4 Å². The molecule has 0 bridgehead atoms. The van der Waals surface area contributed by atoms with Crippen molar-refractivity contribution >= 4 is 42.6 Å². The van der Waals surface area contributed by atoms with E-state index in [1.807, 2.05) is 55.5 Å². The number of rotatable bonds is 8. The third-order valence-corrected chi connectivity index (χ3v) is 9.55. The Morgan fingerprint density at radius 3 is 2.47 bits per heavy atom. The molecule has 1 aromatic heterocycles. The second-order valence-electron chi connectivity index (χ2n) is 9.10. The molecule has 1 aliphatic rings. The molecule has 10 heteroatoms. The van der Waals surface area contributed by atoms with E-state index >= 15 is 0 Å². The van der Waals surface area contributed by atoms with Gasteiger partial charge in [0, 0.05) is 19.0 Å². The van der Waals surface area contributed by atoms with E-state index in [1.165, 1.54) is 27.8 Å². The maximum atomic E-state index is 13.9. The van der Waals surface area contributed by atoms with Gasteiger partial charge in [0.2, 0.25) is 15.9 Å². The Labute approximate surface area is 225 Å². The summed E-state index contributed by atoms with van der Waals surface area (Å²) in [7, 11) is -3.76. The summed E-state index contributed by atoms with van der Waals surface area (Å²) in [6.07, 6.45) is 0.786. The van der Waals surface area contributed by atoms with Crippen molar-refractivity contribution in [3.05, 3.63) is 84.2 Å². The highest BCUT2D eigenvalue weighted by Gasteiger charge is 2.35. The molecule has 0 N–H and O–H groups in total. The van der Waals surface area contributed by atoms with E-state index in [9.17, 15) is 17.6 Å². The molecule has 3 aromatic carbocycles. The fraction of sp³-hybridized carbons (Fsp3) is 0.286. The maximum Gasteiger partial charge on any atom is 0.243 e. The van der Waals surface area contributed by atoms with Gasteiger partial charge in [0.1, 0.15) is 11.6 Å². The molecule has 198 valence electrons. The number of aromatic nitrogens is 1. The van der Waals surface area contributed by atoms with Gasteiger partial charge in [-0.2, -0.15) is 4.31 Å². The Bertz CT molecular complexity index is 1520. The lowest BCUT2D eigenvalue weighted by atomic mass is 9.96. The zero-order valence-electron chi connectivity index (χ0n) is 20.9. The summed E-state index contributed by atoms with van der Waals surface area (Å²) in [4.78, 5) is 20.4. The molecule has 1 amide bonds. The summed E-state index contributed by atoms with van der Waals surface area (Å²) in [5.74, 6) is -0.150. The summed E-state index contributed by atoms with van der Waals surface area (Å²) in [5, 5.41) is 0.601. The first-order valence-electron chi connectivity index (χ1n) is 12.5. The molecule has 0 radical (unpaired) electrons. The summed E-state index contributed by atoms with van der Waals surface area (Å²) in [6, 6.07) is 20.3. The van der Waals surface area contributed by atoms with Gasteiger partial charge in [-0.05, 0) is 67.8 Å². The van der Waals surface area contributed by atoms with E-state index in [-0.39, 0.29) is 29.8 Å². The van der Waals surface area contributed by atoms with Crippen LogP contribution in [0.1, 0.15) is 25.3 Å². The molecule has 2 heterocycles. The third kappa shape index (κ3) is 5.57. The number of nitrogens with zero attached hydrogens (tertiary/aromatic N) is 3. The number of halogens is 1. The van der Waals surface area contributed by atoms with Gasteiger partial charge in [-0.3, -0.25) is 9.69 Å². The molecular formula is C28H28FN3O4S2. The van der Waals surface area contributed by atoms with Gasteiger partial charge in [-0.15, -0.1) is 0 Å². The molecule has 7 nitrogen and oxygen atoms in total. The lowest BCUT2D eigenvalue weighted by Gasteiger charge is -2.33. The summed E-state index contributed by atoms with van der Waals surface area (Å²) in [5.41, 5.74) is 1.77. The first kappa shape index (κ1) is 26.3. The number of amides is 1. The molecule has 0 saturated carbocycles. The van der Waals surface area contributed by atoms with Crippen molar-refractivity contribution in [3.63, 3.8) is 0 Å². The predicted molar refractivity (Wildman–Crippen MR) is 146 cm³/mol. The Morgan fingerprint density at radius 1 is 1.08 bits per heavy atom. The zero-order chi connectivity index (χ0) is 26.7. The number of thiazole rings is 1. The largest absolute Gasteiger partial charge is 0.494 e. The second kappa shape index (κ2) is 11.2. The smallest absolute Gasteiger partial charge is 0.243 e. The zero-order valence-corrected chi connectivity index (χ0v) is 22.6. The van der Waals surface area contributed by atoms with Crippen LogP contribution in [0.4, 0.5) is 9.52 Å². The van der Waals surface area contributed by atoms with Crippen molar-refractivity contribution < 1.29 is 22.3 Å². The van der Waals surface area contributed by atoms with Gasteiger partial charge >= 0.3 is 0 Å². The molecule has 1 aliphatic heterocycles. The van der Waals surface area contributed by atoms with E-state index in [0.29, 0.717) is 31.1 Å². The van der Waals surface area contributed by atoms with E-state index in [2.05, 4.69) is 0 Å². The fourth-order valence-electron chi connectivity index (χ4n) is 4.59. The molecule has 5 rings (SSSR count). The lowest BCUT2D eigenvalue weighted by molar-refractivity contribution is -0.123. The Kier molecular flexibility index (Phi) is 7.73. The lowest BCUT2D eigenvalue weighted by Crippen LogP contribution is -2.44. The number of piperidine rings is 1. The molecule has 0 atom stereocenters. The molecular weight excluding hydrogens is 525 g/mol. The first-order chi connectivity index (χ1) is 18.3. The number of hydrogen-bond acceptors (Lipinski definition) is 6.